The molecule has 0 aliphatic carbocycles. The highest BCUT2D eigenvalue weighted by Crippen LogP contribution is 2.12. The molecule has 1 amide bonds. The molecule has 5 aromatic rings. The van der Waals surface area contributed by atoms with Crippen molar-refractivity contribution >= 4 is 39.8 Å². The molecule has 6 heteroatoms. The normalized spacial score (nSPS) is 10.7. The number of pyridine rings is 1. The van der Waals surface area contributed by atoms with Gasteiger partial charge < -0.3 is 9.80 Å². The van der Waals surface area contributed by atoms with E-state index in [2.05, 4.69) is 121 Å². The minimum absolute atomic E-state index is 0.390. The van der Waals surface area contributed by atoms with Crippen LogP contribution >= 0.6 is 0 Å². The highest BCUT2D eigenvalue weighted by atomic mass is 16.7. The monoisotopic (exact) mass is 557 g/mol. The van der Waals surface area contributed by atoms with E-state index in [0.717, 1.165) is 17.1 Å². The summed E-state index contributed by atoms with van der Waals surface area (Å²) in [6.07, 6.45) is -1.61. The zero-order valence-corrected chi connectivity index (χ0v) is 25.4. The molecule has 0 aliphatic heterocycles. The quantitative estimate of drug-likeness (QED) is 0.235. The van der Waals surface area contributed by atoms with E-state index in [0.29, 0.717) is 0 Å². The van der Waals surface area contributed by atoms with Crippen LogP contribution < -0.4 is 36.3 Å². The molecule has 0 radical (unpaired) electrons. The summed E-state index contributed by atoms with van der Waals surface area (Å²) in [6, 6.07) is 47.5. The topological polar surface area (TPSA) is 36.7 Å². The Morgan fingerprint density at radius 2 is 0.881 bits per heavy atom. The maximum absolute atomic E-state index is 11.5. The molecule has 0 unspecified atom stereocenters. The van der Waals surface area contributed by atoms with Crippen LogP contribution in [0.3, 0.4) is 0 Å². The number of benzene rings is 4. The fourth-order valence-electron chi connectivity index (χ4n) is 5.55. The van der Waals surface area contributed by atoms with Crippen molar-refractivity contribution in [1.82, 2.24) is 4.90 Å². The third-order valence-electron chi connectivity index (χ3n) is 7.60. The zero-order valence-electron chi connectivity index (χ0n) is 25.4. The van der Waals surface area contributed by atoms with Gasteiger partial charge in [-0.05, 0) is 0 Å². The van der Waals surface area contributed by atoms with E-state index in [1.165, 1.54) is 31.5 Å². The second-order valence-corrected chi connectivity index (χ2v) is 10.9. The molecular weight excluding hydrogens is 517 g/mol. The van der Waals surface area contributed by atoms with Crippen LogP contribution in [0.25, 0.3) is 0 Å². The Balaban J connectivity index is 0.000000209. The van der Waals surface area contributed by atoms with Crippen LogP contribution in [-0.4, -0.2) is 45.3 Å². The molecule has 0 saturated carbocycles. The molecular formula is C36H40BN3O2. The maximum Gasteiger partial charge on any atom is 0.477 e. The molecule has 0 spiro atoms. The van der Waals surface area contributed by atoms with Gasteiger partial charge in [-0.1, -0.05) is 121 Å². The van der Waals surface area contributed by atoms with E-state index < -0.39 is 6.15 Å². The average molecular weight is 558 g/mol. The predicted molar refractivity (Wildman–Crippen MR) is 176 cm³/mol. The van der Waals surface area contributed by atoms with Gasteiger partial charge in [0.1, 0.15) is 6.15 Å². The van der Waals surface area contributed by atoms with E-state index in [1.807, 2.05) is 45.0 Å². The van der Waals surface area contributed by atoms with Crippen molar-refractivity contribution in [3.8, 4) is 0 Å². The molecule has 0 aliphatic rings. The Labute approximate surface area is 250 Å². The lowest BCUT2D eigenvalue weighted by molar-refractivity contribution is -0.877. The maximum atomic E-state index is 11.5. The van der Waals surface area contributed by atoms with Crippen LogP contribution in [0, 0.1) is 13.8 Å². The van der Waals surface area contributed by atoms with E-state index in [-0.39, 0.29) is 6.09 Å². The van der Waals surface area contributed by atoms with Gasteiger partial charge in [-0.2, -0.15) is 26.7 Å². The van der Waals surface area contributed by atoms with Gasteiger partial charge in [0, 0.05) is 64.6 Å². The second-order valence-electron chi connectivity index (χ2n) is 10.9. The molecule has 0 N–H and O–H groups in total. The van der Waals surface area contributed by atoms with Gasteiger partial charge in [-0.3, -0.25) is 0 Å². The number of carbonyl (C=O) groups excluding carboxylic acids is 1. The molecule has 5 nitrogen and oxygen atoms in total. The summed E-state index contributed by atoms with van der Waals surface area (Å²) >= 11 is 0. The van der Waals surface area contributed by atoms with Crippen molar-refractivity contribution in [3.05, 3.63) is 145 Å². The molecule has 0 atom stereocenters. The molecule has 1 heterocycles. The summed E-state index contributed by atoms with van der Waals surface area (Å²) < 4.78 is 1.54. The van der Waals surface area contributed by atoms with Gasteiger partial charge >= 0.3 is 6.09 Å². The number of aromatic nitrogens is 1. The van der Waals surface area contributed by atoms with Crippen LogP contribution in [0.5, 0.6) is 0 Å². The fraction of sp³-hybridized carbons (Fsp3) is 0.167. The number of aryl methyl sites for hydroxylation is 2. The van der Waals surface area contributed by atoms with Gasteiger partial charge in [-0.15, -0.1) is 0 Å². The van der Waals surface area contributed by atoms with Crippen molar-refractivity contribution in [3.63, 3.8) is 0 Å². The summed E-state index contributed by atoms with van der Waals surface area (Å²) in [5.41, 5.74) is 8.19. The Morgan fingerprint density at radius 3 is 1.14 bits per heavy atom. The van der Waals surface area contributed by atoms with Crippen molar-refractivity contribution in [1.29, 1.82) is 0 Å². The smallest absolute Gasteiger partial charge is 0.377 e. The number of anilines is 1. The van der Waals surface area contributed by atoms with Gasteiger partial charge in [-0.25, -0.2) is 4.79 Å². The average Bonchev–Trinajstić information content (AvgIpc) is 3.01. The summed E-state index contributed by atoms with van der Waals surface area (Å²) in [5.74, 6) is 0. The first-order valence-corrected chi connectivity index (χ1v) is 14.2. The highest BCUT2D eigenvalue weighted by molar-refractivity contribution is 7.19. The zero-order chi connectivity index (χ0) is 30.1. The van der Waals surface area contributed by atoms with Crippen LogP contribution in [0.15, 0.2) is 133 Å². The lowest BCUT2D eigenvalue weighted by atomic mass is 9.13. The number of nitrogens with zero attached hydrogens (tertiary/aromatic N) is 3. The molecule has 1 aromatic heterocycles. The van der Waals surface area contributed by atoms with Crippen LogP contribution in [0.1, 0.15) is 11.4 Å². The molecule has 4 aromatic carbocycles. The van der Waals surface area contributed by atoms with Gasteiger partial charge in [0.05, 0.1) is 0 Å². The lowest BCUT2D eigenvalue weighted by Crippen LogP contribution is -2.74. The van der Waals surface area contributed by atoms with Crippen molar-refractivity contribution in [2.75, 3.05) is 33.1 Å². The Morgan fingerprint density at radius 1 is 0.571 bits per heavy atom. The van der Waals surface area contributed by atoms with E-state index >= 15 is 0 Å². The Bertz CT molecular complexity index is 1390. The van der Waals surface area contributed by atoms with E-state index in [1.54, 1.807) is 14.1 Å². The standard InChI is InChI=1S/C24H20B.C12H20N3O2/c1-5-13-21(14-6-1)25(22-15-7-2-8-16-22,23-17-9-3-10-18-23)24-19-11-4-12-20-24;1-9-7-11(13(3)4)8-10(2)15(9)17-12(16)14(5)6/h1-20H;7-8H,1-6H3/q-1;+1. The first-order valence-electron chi connectivity index (χ1n) is 14.2. The van der Waals surface area contributed by atoms with E-state index in [9.17, 15) is 4.79 Å². The SMILES string of the molecule is Cc1cc(N(C)C)cc(C)[n+]1OC(=O)N(C)C.c1ccc([B-](c2ccccc2)(c2ccccc2)c2ccccc2)cc1. The first-order chi connectivity index (χ1) is 20.2. The fourth-order valence-corrected chi connectivity index (χ4v) is 5.55. The van der Waals surface area contributed by atoms with Crippen molar-refractivity contribution in [2.24, 2.45) is 0 Å². The van der Waals surface area contributed by atoms with Crippen LogP contribution in [0.2, 0.25) is 0 Å². The largest absolute Gasteiger partial charge is 0.477 e. The summed E-state index contributed by atoms with van der Waals surface area (Å²) in [5, 5.41) is 0. The number of hydrogen-bond acceptors (Lipinski definition) is 3. The van der Waals surface area contributed by atoms with E-state index in [4.69, 9.17) is 4.84 Å². The highest BCUT2D eigenvalue weighted by Gasteiger charge is 2.31. The number of carbonyl (C=O) groups is 1. The molecule has 0 saturated heterocycles. The van der Waals surface area contributed by atoms with Gasteiger partial charge in [0.15, 0.2) is 0 Å². The summed E-state index contributed by atoms with van der Waals surface area (Å²) in [7, 11) is 7.26. The number of amides is 1. The third kappa shape index (κ3) is 6.55. The molecule has 0 bridgehead atoms. The third-order valence-corrected chi connectivity index (χ3v) is 7.60. The van der Waals surface area contributed by atoms with Crippen molar-refractivity contribution < 1.29 is 14.4 Å². The second kappa shape index (κ2) is 13.7. The Kier molecular flexibility index (Phi) is 9.82. The molecule has 0 fully saturated rings. The predicted octanol–water partition coefficient (Wildman–Crippen LogP) is 3.83. The summed E-state index contributed by atoms with van der Waals surface area (Å²) in [4.78, 5) is 20.2. The van der Waals surface area contributed by atoms with Crippen LogP contribution in [0.4, 0.5) is 10.5 Å². The number of hydrogen-bond donors (Lipinski definition) is 0. The number of rotatable bonds is 6. The Hall–Kier alpha value is -4.84. The molecule has 214 valence electrons. The van der Waals surface area contributed by atoms with Crippen LogP contribution in [-0.2, 0) is 0 Å². The van der Waals surface area contributed by atoms with Crippen molar-refractivity contribution in [2.45, 2.75) is 13.8 Å². The molecule has 5 rings (SSSR count). The van der Waals surface area contributed by atoms with Gasteiger partial charge in [0.2, 0.25) is 11.4 Å². The van der Waals surface area contributed by atoms with Gasteiger partial charge in [0.25, 0.3) is 0 Å². The lowest BCUT2D eigenvalue weighted by Gasteiger charge is -2.44. The molecule has 42 heavy (non-hydrogen) atoms. The minimum Gasteiger partial charge on any atom is -0.377 e. The summed E-state index contributed by atoms with van der Waals surface area (Å²) in [6.45, 7) is 3.81. The minimum atomic E-state index is -1.22. The first kappa shape index (κ1) is 30.1.